The predicted molar refractivity (Wildman–Crippen MR) is 118 cm³/mol. The van der Waals surface area contributed by atoms with Gasteiger partial charge in [-0.3, -0.25) is 4.79 Å². The third-order valence-electron chi connectivity index (χ3n) is 4.51. The summed E-state index contributed by atoms with van der Waals surface area (Å²) in [7, 11) is 0. The summed E-state index contributed by atoms with van der Waals surface area (Å²) in [6, 6.07) is 8.87. The van der Waals surface area contributed by atoms with Gasteiger partial charge in [0.05, 0.1) is 18.8 Å². The van der Waals surface area contributed by atoms with Crippen molar-refractivity contribution >= 4 is 17.6 Å². The van der Waals surface area contributed by atoms with Crippen molar-refractivity contribution in [2.75, 3.05) is 25.1 Å². The summed E-state index contributed by atoms with van der Waals surface area (Å²) in [5.74, 6) is 0.0924. The Morgan fingerprint density at radius 3 is 2.27 bits per heavy atom. The van der Waals surface area contributed by atoms with Crippen molar-refractivity contribution in [1.29, 1.82) is 0 Å². The number of aryl methyl sites for hydroxylation is 3. The number of benzene rings is 2. The molecule has 0 fully saturated rings. The van der Waals surface area contributed by atoms with Gasteiger partial charge in [0.25, 0.3) is 5.91 Å². The first-order valence-corrected chi connectivity index (χ1v) is 10.3. The fraction of sp³-hybridized carbons (Fsp3) is 0.417. The number of unbranched alkanes of at least 4 members (excludes halogenated alkanes) is 1. The molecule has 30 heavy (non-hydrogen) atoms. The largest absolute Gasteiger partial charge is 0.490 e. The highest BCUT2D eigenvalue weighted by Gasteiger charge is 2.15. The second-order valence-corrected chi connectivity index (χ2v) is 7.19. The molecule has 0 atom stereocenters. The molecule has 1 N–H and O–H groups in total. The summed E-state index contributed by atoms with van der Waals surface area (Å²) in [6.45, 7) is 10.5. The summed E-state index contributed by atoms with van der Waals surface area (Å²) in [6.07, 6.45) is 1.96. The number of carbonyl (C=O) groups is 2. The van der Waals surface area contributed by atoms with Gasteiger partial charge in [-0.1, -0.05) is 31.0 Å². The molecule has 0 aliphatic heterocycles. The van der Waals surface area contributed by atoms with Crippen molar-refractivity contribution in [2.24, 2.45) is 0 Å². The minimum absolute atomic E-state index is 0.303. The number of hydrogen-bond donors (Lipinski definition) is 1. The summed E-state index contributed by atoms with van der Waals surface area (Å²) < 4.78 is 16.5. The van der Waals surface area contributed by atoms with Crippen LogP contribution in [0, 0.1) is 20.8 Å². The molecule has 0 unspecified atom stereocenters. The van der Waals surface area contributed by atoms with Crippen molar-refractivity contribution in [3.63, 3.8) is 0 Å². The summed E-state index contributed by atoms with van der Waals surface area (Å²) >= 11 is 0. The normalized spacial score (nSPS) is 10.4. The van der Waals surface area contributed by atoms with Gasteiger partial charge >= 0.3 is 5.97 Å². The topological polar surface area (TPSA) is 73.9 Å². The van der Waals surface area contributed by atoms with Crippen molar-refractivity contribution in [3.8, 4) is 11.5 Å². The Bertz CT molecular complexity index is 868. The maximum atomic E-state index is 12.4. The minimum atomic E-state index is -0.594. The average Bonchev–Trinajstić information content (AvgIpc) is 2.70. The van der Waals surface area contributed by atoms with Crippen LogP contribution in [0.25, 0.3) is 0 Å². The summed E-state index contributed by atoms with van der Waals surface area (Å²) in [5.41, 5.74) is 4.10. The lowest BCUT2D eigenvalue weighted by Crippen LogP contribution is -2.22. The van der Waals surface area contributed by atoms with E-state index in [1.54, 1.807) is 18.2 Å². The van der Waals surface area contributed by atoms with E-state index < -0.39 is 5.97 Å². The van der Waals surface area contributed by atoms with Gasteiger partial charge in [-0.15, -0.1) is 0 Å². The van der Waals surface area contributed by atoms with Gasteiger partial charge < -0.3 is 19.5 Å². The van der Waals surface area contributed by atoms with Crippen molar-refractivity contribution in [2.45, 2.75) is 47.5 Å². The molecule has 0 spiro atoms. The average molecular weight is 414 g/mol. The fourth-order valence-electron chi connectivity index (χ4n) is 3.12. The number of amides is 1. The lowest BCUT2D eigenvalue weighted by Gasteiger charge is -2.14. The van der Waals surface area contributed by atoms with Crippen molar-refractivity contribution < 1.29 is 23.8 Å². The molecule has 6 nitrogen and oxygen atoms in total. The smallest absolute Gasteiger partial charge is 0.338 e. The monoisotopic (exact) mass is 413 g/mol. The van der Waals surface area contributed by atoms with Gasteiger partial charge in [0.15, 0.2) is 18.1 Å². The molecule has 162 valence electrons. The third-order valence-corrected chi connectivity index (χ3v) is 4.51. The van der Waals surface area contributed by atoms with E-state index in [1.165, 1.54) is 0 Å². The van der Waals surface area contributed by atoms with E-state index >= 15 is 0 Å². The SMILES string of the molecule is CCCCOc1ccc(C(=O)OCC(=O)Nc2c(C)cc(C)cc2C)cc1OCC. The molecule has 0 bridgehead atoms. The maximum absolute atomic E-state index is 12.4. The second-order valence-electron chi connectivity index (χ2n) is 7.19. The van der Waals surface area contributed by atoms with Crippen molar-refractivity contribution in [1.82, 2.24) is 0 Å². The highest BCUT2D eigenvalue weighted by Crippen LogP contribution is 2.29. The molecule has 0 aliphatic rings. The van der Waals surface area contributed by atoms with Crippen LogP contribution in [0.4, 0.5) is 5.69 Å². The number of rotatable bonds is 10. The standard InChI is InChI=1S/C24H31NO5/c1-6-8-11-29-20-10-9-19(14-21(20)28-7-2)24(27)30-15-22(26)25-23-17(4)12-16(3)13-18(23)5/h9-10,12-14H,6-8,11,15H2,1-5H3,(H,25,26). The van der Waals surface area contributed by atoms with Gasteiger partial charge in [0, 0.05) is 5.69 Å². The van der Waals surface area contributed by atoms with E-state index in [0.717, 1.165) is 35.2 Å². The van der Waals surface area contributed by atoms with Crippen LogP contribution in [0.2, 0.25) is 0 Å². The van der Waals surface area contributed by atoms with Gasteiger partial charge in [-0.25, -0.2) is 4.79 Å². The van der Waals surface area contributed by atoms with Crippen LogP contribution in [0.1, 0.15) is 53.7 Å². The van der Waals surface area contributed by atoms with Crippen LogP contribution >= 0.6 is 0 Å². The Labute approximate surface area is 178 Å². The number of anilines is 1. The van der Waals surface area contributed by atoms with E-state index in [-0.39, 0.29) is 12.5 Å². The zero-order valence-corrected chi connectivity index (χ0v) is 18.5. The fourth-order valence-corrected chi connectivity index (χ4v) is 3.12. The first kappa shape index (κ1) is 23.3. The van der Waals surface area contributed by atoms with E-state index in [9.17, 15) is 9.59 Å². The quantitative estimate of drug-likeness (QED) is 0.439. The molecule has 1 amide bonds. The van der Waals surface area contributed by atoms with Crippen molar-refractivity contribution in [3.05, 3.63) is 52.6 Å². The van der Waals surface area contributed by atoms with Crippen LogP contribution in [0.5, 0.6) is 11.5 Å². The van der Waals surface area contributed by atoms with Crippen LogP contribution in [0.3, 0.4) is 0 Å². The number of nitrogens with one attached hydrogen (secondary N) is 1. The maximum Gasteiger partial charge on any atom is 0.338 e. The van der Waals surface area contributed by atoms with Crippen LogP contribution in [-0.4, -0.2) is 31.7 Å². The van der Waals surface area contributed by atoms with Gasteiger partial charge in [-0.2, -0.15) is 0 Å². The lowest BCUT2D eigenvalue weighted by atomic mass is 10.1. The number of ether oxygens (including phenoxy) is 3. The number of carbonyl (C=O) groups excluding carboxylic acids is 2. The molecule has 2 aromatic rings. The van der Waals surface area contributed by atoms with Gasteiger partial charge in [0.1, 0.15) is 0 Å². The van der Waals surface area contributed by atoms with E-state index in [1.807, 2.05) is 39.8 Å². The Morgan fingerprint density at radius 2 is 1.63 bits per heavy atom. The zero-order valence-electron chi connectivity index (χ0n) is 18.5. The Kier molecular flexibility index (Phi) is 8.71. The van der Waals surface area contributed by atoms with E-state index in [2.05, 4.69) is 12.2 Å². The lowest BCUT2D eigenvalue weighted by molar-refractivity contribution is -0.119. The molecule has 6 heteroatoms. The Balaban J connectivity index is 2.00. The second kappa shape index (κ2) is 11.2. The van der Waals surface area contributed by atoms with E-state index in [0.29, 0.717) is 30.3 Å². The van der Waals surface area contributed by atoms with Gasteiger partial charge in [-0.05, 0) is 63.4 Å². The summed E-state index contributed by atoms with van der Waals surface area (Å²) in [4.78, 5) is 24.7. The van der Waals surface area contributed by atoms with Gasteiger partial charge in [0.2, 0.25) is 0 Å². The first-order valence-electron chi connectivity index (χ1n) is 10.3. The molecule has 0 heterocycles. The molecule has 0 radical (unpaired) electrons. The predicted octanol–water partition coefficient (Wildman–Crippen LogP) is 4.98. The molecule has 0 saturated carbocycles. The molecule has 2 aromatic carbocycles. The number of hydrogen-bond acceptors (Lipinski definition) is 5. The Hall–Kier alpha value is -3.02. The zero-order chi connectivity index (χ0) is 22.1. The molecule has 0 saturated heterocycles. The minimum Gasteiger partial charge on any atom is -0.490 e. The molecule has 0 aromatic heterocycles. The molecular formula is C24H31NO5. The van der Waals surface area contributed by atoms with Crippen LogP contribution in [-0.2, 0) is 9.53 Å². The summed E-state index contributed by atoms with van der Waals surface area (Å²) in [5, 5.41) is 2.82. The van der Waals surface area contributed by atoms with Crippen LogP contribution < -0.4 is 14.8 Å². The number of esters is 1. The van der Waals surface area contributed by atoms with Crippen LogP contribution in [0.15, 0.2) is 30.3 Å². The van der Waals surface area contributed by atoms with E-state index in [4.69, 9.17) is 14.2 Å². The highest BCUT2D eigenvalue weighted by atomic mass is 16.5. The Morgan fingerprint density at radius 1 is 0.933 bits per heavy atom. The first-order chi connectivity index (χ1) is 14.3. The molecule has 2 rings (SSSR count). The highest BCUT2D eigenvalue weighted by molar-refractivity contribution is 5.96. The molecular weight excluding hydrogens is 382 g/mol. The third kappa shape index (κ3) is 6.51. The molecule has 0 aliphatic carbocycles.